The van der Waals surface area contributed by atoms with E-state index in [1.165, 1.54) is 0 Å². The third-order valence-electron chi connectivity index (χ3n) is 2.96. The van der Waals surface area contributed by atoms with Crippen LogP contribution in [0.5, 0.6) is 5.75 Å². The van der Waals surface area contributed by atoms with Crippen LogP contribution in [0.4, 0.5) is 5.69 Å². The molecule has 1 heterocycles. The van der Waals surface area contributed by atoms with E-state index in [4.69, 9.17) is 11.2 Å². The Morgan fingerprint density at radius 1 is 1.56 bits per heavy atom. The van der Waals surface area contributed by atoms with Gasteiger partial charge in [-0.15, -0.1) is 13.0 Å². The summed E-state index contributed by atoms with van der Waals surface area (Å²) in [6.07, 6.45) is 7.51. The first kappa shape index (κ1) is 12.3. The zero-order chi connectivity index (χ0) is 13.0. The molecule has 2 rings (SSSR count). The number of para-hydroxylation sites is 2. The number of ether oxygens (including phenoxy) is 1. The van der Waals surface area contributed by atoms with Crippen LogP contribution in [0, 0.1) is 18.3 Å². The van der Waals surface area contributed by atoms with E-state index >= 15 is 0 Å². The molecule has 1 saturated heterocycles. The quantitative estimate of drug-likeness (QED) is 0.597. The van der Waals surface area contributed by atoms with E-state index in [0.29, 0.717) is 18.7 Å². The van der Waals surface area contributed by atoms with Crippen LogP contribution in [0.2, 0.25) is 0 Å². The molecule has 1 unspecified atom stereocenters. The average molecular weight is 241 g/mol. The van der Waals surface area contributed by atoms with Gasteiger partial charge in [-0.05, 0) is 12.1 Å². The standard InChI is InChI=1S/C15H15NO2/c1-3-9-18-14-8-6-5-7-13(14)16-11-12(4-2)10-15(16)17/h1,4-8,12H,2,9-11H2. The van der Waals surface area contributed by atoms with Crippen LogP contribution < -0.4 is 9.64 Å². The molecule has 0 radical (unpaired) electrons. The van der Waals surface area contributed by atoms with Gasteiger partial charge in [0.25, 0.3) is 0 Å². The first-order valence-corrected chi connectivity index (χ1v) is 5.84. The molecule has 0 aliphatic carbocycles. The molecule has 3 nitrogen and oxygen atoms in total. The van der Waals surface area contributed by atoms with Gasteiger partial charge in [0.2, 0.25) is 5.91 Å². The molecule has 0 saturated carbocycles. The Morgan fingerprint density at radius 2 is 2.33 bits per heavy atom. The number of carbonyl (C=O) groups excluding carboxylic acids is 1. The van der Waals surface area contributed by atoms with Gasteiger partial charge in [0.05, 0.1) is 5.69 Å². The average Bonchev–Trinajstić information content (AvgIpc) is 2.78. The van der Waals surface area contributed by atoms with Crippen LogP contribution in [0.3, 0.4) is 0 Å². The number of hydrogen-bond acceptors (Lipinski definition) is 2. The topological polar surface area (TPSA) is 29.5 Å². The van der Waals surface area contributed by atoms with Crippen LogP contribution in [0.25, 0.3) is 0 Å². The van der Waals surface area contributed by atoms with Gasteiger partial charge < -0.3 is 9.64 Å². The zero-order valence-corrected chi connectivity index (χ0v) is 10.1. The third-order valence-corrected chi connectivity index (χ3v) is 2.96. The van der Waals surface area contributed by atoms with E-state index in [2.05, 4.69) is 12.5 Å². The van der Waals surface area contributed by atoms with Crippen LogP contribution in [0.1, 0.15) is 6.42 Å². The highest BCUT2D eigenvalue weighted by Crippen LogP contribution is 2.33. The van der Waals surface area contributed by atoms with E-state index in [9.17, 15) is 4.79 Å². The highest BCUT2D eigenvalue weighted by atomic mass is 16.5. The van der Waals surface area contributed by atoms with Gasteiger partial charge in [-0.3, -0.25) is 4.79 Å². The largest absolute Gasteiger partial charge is 0.479 e. The summed E-state index contributed by atoms with van der Waals surface area (Å²) in [6.45, 7) is 4.59. The van der Waals surface area contributed by atoms with Gasteiger partial charge in [-0.2, -0.15) is 0 Å². The summed E-state index contributed by atoms with van der Waals surface area (Å²) < 4.78 is 5.46. The molecule has 1 fully saturated rings. The maximum absolute atomic E-state index is 12.0. The third kappa shape index (κ3) is 2.38. The number of rotatable bonds is 4. The Hall–Kier alpha value is -2.21. The molecule has 0 N–H and O–H groups in total. The first-order valence-electron chi connectivity index (χ1n) is 5.84. The van der Waals surface area contributed by atoms with Gasteiger partial charge in [-0.25, -0.2) is 0 Å². The highest BCUT2D eigenvalue weighted by Gasteiger charge is 2.30. The predicted molar refractivity (Wildman–Crippen MR) is 71.4 cm³/mol. The fourth-order valence-electron chi connectivity index (χ4n) is 2.05. The summed E-state index contributed by atoms with van der Waals surface area (Å²) >= 11 is 0. The van der Waals surface area contributed by atoms with E-state index < -0.39 is 0 Å². The summed E-state index contributed by atoms with van der Waals surface area (Å²) in [7, 11) is 0. The maximum Gasteiger partial charge on any atom is 0.227 e. The first-order chi connectivity index (χ1) is 8.76. The van der Waals surface area contributed by atoms with Crippen molar-refractivity contribution >= 4 is 11.6 Å². The molecule has 1 aliphatic rings. The Bertz CT molecular complexity index is 501. The van der Waals surface area contributed by atoms with E-state index in [-0.39, 0.29) is 18.4 Å². The highest BCUT2D eigenvalue weighted by molar-refractivity contribution is 5.97. The molecule has 1 amide bonds. The second kappa shape index (κ2) is 5.42. The Labute approximate surface area is 107 Å². The van der Waals surface area contributed by atoms with Gasteiger partial charge >= 0.3 is 0 Å². The van der Waals surface area contributed by atoms with Crippen molar-refractivity contribution in [2.75, 3.05) is 18.1 Å². The molecule has 1 aromatic carbocycles. The predicted octanol–water partition coefficient (Wildman–Crippen LogP) is 2.24. The van der Waals surface area contributed by atoms with Crippen LogP contribution in [-0.4, -0.2) is 19.1 Å². The van der Waals surface area contributed by atoms with Crippen molar-refractivity contribution in [2.45, 2.75) is 6.42 Å². The van der Waals surface area contributed by atoms with Crippen molar-refractivity contribution in [1.82, 2.24) is 0 Å². The molecular formula is C15H15NO2. The van der Waals surface area contributed by atoms with Crippen molar-refractivity contribution in [3.63, 3.8) is 0 Å². The second-order valence-electron chi connectivity index (χ2n) is 4.16. The molecule has 0 aromatic heterocycles. The van der Waals surface area contributed by atoms with Gasteiger partial charge in [0.1, 0.15) is 12.4 Å². The zero-order valence-electron chi connectivity index (χ0n) is 10.1. The SMILES string of the molecule is C#CCOc1ccccc1N1CC(C=C)CC1=O. The number of carbonyl (C=O) groups is 1. The summed E-state index contributed by atoms with van der Waals surface area (Å²) in [4.78, 5) is 13.7. The maximum atomic E-state index is 12.0. The van der Waals surface area contributed by atoms with Crippen molar-refractivity contribution < 1.29 is 9.53 Å². The Morgan fingerprint density at radius 3 is 3.00 bits per heavy atom. The lowest BCUT2D eigenvalue weighted by atomic mass is 10.1. The Balaban J connectivity index is 2.25. The van der Waals surface area contributed by atoms with E-state index in [1.807, 2.05) is 30.3 Å². The Kier molecular flexibility index (Phi) is 3.69. The minimum atomic E-state index is 0.0941. The number of hydrogen-bond donors (Lipinski definition) is 0. The molecule has 3 heteroatoms. The molecular weight excluding hydrogens is 226 g/mol. The normalized spacial score (nSPS) is 18.5. The number of nitrogens with zero attached hydrogens (tertiary/aromatic N) is 1. The number of amides is 1. The lowest BCUT2D eigenvalue weighted by molar-refractivity contribution is -0.117. The van der Waals surface area contributed by atoms with Gasteiger partial charge in [-0.1, -0.05) is 24.1 Å². The summed E-state index contributed by atoms with van der Waals surface area (Å²) in [5.74, 6) is 3.37. The van der Waals surface area contributed by atoms with Crippen LogP contribution in [-0.2, 0) is 4.79 Å². The fraction of sp³-hybridized carbons (Fsp3) is 0.267. The van der Waals surface area contributed by atoms with E-state index in [1.54, 1.807) is 4.90 Å². The lowest BCUT2D eigenvalue weighted by Crippen LogP contribution is -2.25. The van der Waals surface area contributed by atoms with Crippen molar-refractivity contribution in [2.24, 2.45) is 5.92 Å². The molecule has 18 heavy (non-hydrogen) atoms. The molecule has 1 aromatic rings. The van der Waals surface area contributed by atoms with Crippen LogP contribution in [0.15, 0.2) is 36.9 Å². The fourth-order valence-corrected chi connectivity index (χ4v) is 2.05. The smallest absolute Gasteiger partial charge is 0.227 e. The van der Waals surface area contributed by atoms with Gasteiger partial charge in [0, 0.05) is 18.9 Å². The molecule has 1 aliphatic heterocycles. The van der Waals surface area contributed by atoms with Crippen LogP contribution >= 0.6 is 0 Å². The lowest BCUT2D eigenvalue weighted by Gasteiger charge is -2.19. The van der Waals surface area contributed by atoms with Gasteiger partial charge in [0.15, 0.2) is 0 Å². The molecule has 0 spiro atoms. The number of anilines is 1. The molecule has 0 bridgehead atoms. The van der Waals surface area contributed by atoms with Crippen molar-refractivity contribution in [3.05, 3.63) is 36.9 Å². The number of benzene rings is 1. The minimum Gasteiger partial charge on any atom is -0.479 e. The van der Waals surface area contributed by atoms with Crippen molar-refractivity contribution in [3.8, 4) is 18.1 Å². The minimum absolute atomic E-state index is 0.0941. The van der Waals surface area contributed by atoms with E-state index in [0.717, 1.165) is 5.69 Å². The second-order valence-corrected chi connectivity index (χ2v) is 4.16. The number of terminal acetylenes is 1. The summed E-state index contributed by atoms with van der Waals surface area (Å²) in [6, 6.07) is 7.43. The van der Waals surface area contributed by atoms with Crippen molar-refractivity contribution in [1.29, 1.82) is 0 Å². The monoisotopic (exact) mass is 241 g/mol. The summed E-state index contributed by atoms with van der Waals surface area (Å²) in [5.41, 5.74) is 0.780. The summed E-state index contributed by atoms with van der Waals surface area (Å²) in [5, 5.41) is 0. The molecule has 1 atom stereocenters. The molecule has 92 valence electrons.